The summed E-state index contributed by atoms with van der Waals surface area (Å²) >= 11 is 0. The summed E-state index contributed by atoms with van der Waals surface area (Å²) in [6, 6.07) is 73.5. The van der Waals surface area contributed by atoms with Gasteiger partial charge in [-0.15, -0.1) is 0 Å². The number of nitrogens with zero attached hydrogens (tertiary/aromatic N) is 1. The summed E-state index contributed by atoms with van der Waals surface area (Å²) in [4.78, 5) is 2.46. The maximum absolute atomic E-state index is 2.46. The van der Waals surface area contributed by atoms with Gasteiger partial charge in [-0.1, -0.05) is 152 Å². The number of rotatable bonds is 5. The lowest BCUT2D eigenvalue weighted by Gasteiger charge is -2.29. The van der Waals surface area contributed by atoms with E-state index in [9.17, 15) is 0 Å². The second-order valence-electron chi connectivity index (χ2n) is 14.1. The number of hydrogen-bond acceptors (Lipinski definition) is 1. The Morgan fingerprint density at radius 3 is 1.53 bits per heavy atom. The van der Waals surface area contributed by atoms with Crippen molar-refractivity contribution in [2.75, 3.05) is 4.90 Å². The van der Waals surface area contributed by atoms with E-state index in [0.717, 1.165) is 17.1 Å². The molecule has 11 aromatic carbocycles. The highest BCUT2D eigenvalue weighted by Crippen LogP contribution is 2.49. The number of anilines is 3. The molecule has 11 rings (SSSR count). The van der Waals surface area contributed by atoms with Gasteiger partial charge in [0.25, 0.3) is 0 Å². The molecule has 11 aromatic rings. The van der Waals surface area contributed by atoms with E-state index in [-0.39, 0.29) is 0 Å². The Bertz CT molecular complexity index is 3090. The molecule has 1 nitrogen and oxygen atoms in total. The lowest BCUT2D eigenvalue weighted by Crippen LogP contribution is -2.11. The molecule has 0 bridgehead atoms. The fraction of sp³-hybridized carbons (Fsp3) is 0. The molecule has 0 saturated heterocycles. The fourth-order valence-electron chi connectivity index (χ4n) is 8.80. The summed E-state index contributed by atoms with van der Waals surface area (Å²) in [5, 5.41) is 15.5. The van der Waals surface area contributed by atoms with E-state index in [1.54, 1.807) is 0 Å². The second kappa shape index (κ2) is 11.8. The first kappa shape index (κ1) is 29.7. The molecule has 0 N–H and O–H groups in total. The van der Waals surface area contributed by atoms with Gasteiger partial charge in [-0.25, -0.2) is 0 Å². The molecule has 246 valence electrons. The van der Waals surface area contributed by atoms with Gasteiger partial charge < -0.3 is 4.90 Å². The van der Waals surface area contributed by atoms with E-state index in [0.29, 0.717) is 0 Å². The zero-order valence-corrected chi connectivity index (χ0v) is 29.0. The third-order valence-electron chi connectivity index (χ3n) is 11.1. The minimum atomic E-state index is 1.12. The maximum Gasteiger partial charge on any atom is 0.0546 e. The van der Waals surface area contributed by atoms with Gasteiger partial charge in [0, 0.05) is 16.8 Å². The Labute approximate surface area is 307 Å². The molecule has 0 atom stereocenters. The molecule has 0 saturated carbocycles. The first-order chi connectivity index (χ1) is 26.3. The van der Waals surface area contributed by atoms with Crippen LogP contribution in [-0.2, 0) is 0 Å². The minimum Gasteiger partial charge on any atom is -0.310 e. The molecule has 0 aliphatic rings. The highest BCUT2D eigenvalue weighted by Gasteiger charge is 2.22. The van der Waals surface area contributed by atoms with Crippen molar-refractivity contribution in [2.24, 2.45) is 0 Å². The molecule has 0 fully saturated rings. The highest BCUT2D eigenvalue weighted by atomic mass is 15.1. The van der Waals surface area contributed by atoms with Gasteiger partial charge >= 0.3 is 0 Å². The van der Waals surface area contributed by atoms with Gasteiger partial charge in [-0.2, -0.15) is 0 Å². The van der Waals surface area contributed by atoms with Crippen molar-refractivity contribution in [2.45, 2.75) is 0 Å². The van der Waals surface area contributed by atoms with Crippen LogP contribution < -0.4 is 4.90 Å². The molecule has 0 heterocycles. The summed E-state index contributed by atoms with van der Waals surface area (Å²) in [5.74, 6) is 0. The van der Waals surface area contributed by atoms with E-state index >= 15 is 0 Å². The van der Waals surface area contributed by atoms with Crippen LogP contribution in [0, 0.1) is 0 Å². The van der Waals surface area contributed by atoms with Gasteiger partial charge in [0.15, 0.2) is 0 Å². The molecule has 1 heteroatoms. The fourth-order valence-corrected chi connectivity index (χ4v) is 8.80. The van der Waals surface area contributed by atoms with Gasteiger partial charge in [0.1, 0.15) is 0 Å². The van der Waals surface area contributed by atoms with Crippen molar-refractivity contribution >= 4 is 81.7 Å². The second-order valence-corrected chi connectivity index (χ2v) is 14.1. The molecule has 0 spiro atoms. The third kappa shape index (κ3) is 4.64. The van der Waals surface area contributed by atoms with Crippen LogP contribution in [-0.4, -0.2) is 0 Å². The predicted molar refractivity (Wildman–Crippen MR) is 228 cm³/mol. The van der Waals surface area contributed by atoms with Crippen molar-refractivity contribution in [3.05, 3.63) is 200 Å². The summed E-state index contributed by atoms with van der Waals surface area (Å²) in [5.41, 5.74) is 8.15. The molecular weight excluding hydrogens is 639 g/mol. The van der Waals surface area contributed by atoms with E-state index < -0.39 is 0 Å². The average molecular weight is 672 g/mol. The zero-order chi connectivity index (χ0) is 34.9. The highest BCUT2D eigenvalue weighted by molar-refractivity contribution is 6.41. The zero-order valence-electron chi connectivity index (χ0n) is 29.0. The van der Waals surface area contributed by atoms with E-state index in [4.69, 9.17) is 0 Å². The summed E-state index contributed by atoms with van der Waals surface area (Å²) in [7, 11) is 0. The predicted octanol–water partition coefficient (Wildman–Crippen LogP) is 14.8. The van der Waals surface area contributed by atoms with E-state index in [2.05, 4.69) is 205 Å². The van der Waals surface area contributed by atoms with E-state index in [1.165, 1.54) is 86.9 Å². The van der Waals surface area contributed by atoms with E-state index in [1.807, 2.05) is 0 Å². The van der Waals surface area contributed by atoms with Crippen molar-refractivity contribution in [1.29, 1.82) is 0 Å². The molecule has 0 unspecified atom stereocenters. The van der Waals surface area contributed by atoms with Crippen molar-refractivity contribution in [3.8, 4) is 22.3 Å². The first-order valence-electron chi connectivity index (χ1n) is 18.3. The van der Waals surface area contributed by atoms with Crippen LogP contribution in [0.25, 0.3) is 86.9 Å². The molecule has 0 amide bonds. The van der Waals surface area contributed by atoms with Crippen molar-refractivity contribution in [1.82, 2.24) is 0 Å². The molecule has 0 aromatic heterocycles. The number of fused-ring (bicyclic) bond motifs is 7. The summed E-state index contributed by atoms with van der Waals surface area (Å²) in [6.45, 7) is 0. The summed E-state index contributed by atoms with van der Waals surface area (Å²) < 4.78 is 0. The van der Waals surface area contributed by atoms with Gasteiger partial charge in [0.05, 0.1) is 5.69 Å². The van der Waals surface area contributed by atoms with Crippen LogP contribution in [0.4, 0.5) is 17.1 Å². The maximum atomic E-state index is 2.46. The minimum absolute atomic E-state index is 1.12. The van der Waals surface area contributed by atoms with Gasteiger partial charge in [-0.05, 0) is 130 Å². The molecule has 53 heavy (non-hydrogen) atoms. The average Bonchev–Trinajstić information content (AvgIpc) is 3.23. The Balaban J connectivity index is 1.28. The molecule has 0 aliphatic carbocycles. The largest absolute Gasteiger partial charge is 0.310 e. The molecule has 0 aliphatic heterocycles. The van der Waals surface area contributed by atoms with Crippen LogP contribution in [0.5, 0.6) is 0 Å². The Morgan fingerprint density at radius 2 is 0.811 bits per heavy atom. The van der Waals surface area contributed by atoms with Crippen LogP contribution in [0.3, 0.4) is 0 Å². The Kier molecular flexibility index (Phi) is 6.62. The SMILES string of the molecule is c1ccc(-c2cc(-c3ccccc3)cc(N(c3ccccc3)c3cccc4cc5c6ccccc6c6c7ccccc7cc7ccc(c34)c5c76)c2)cc1. The Hall–Kier alpha value is -6.96. The lowest BCUT2D eigenvalue weighted by molar-refractivity contribution is 1.30. The lowest BCUT2D eigenvalue weighted by atomic mass is 9.84. The Morgan fingerprint density at radius 1 is 0.245 bits per heavy atom. The smallest absolute Gasteiger partial charge is 0.0546 e. The number of benzene rings is 11. The van der Waals surface area contributed by atoms with Crippen molar-refractivity contribution < 1.29 is 0 Å². The number of hydrogen-bond donors (Lipinski definition) is 0. The summed E-state index contributed by atoms with van der Waals surface area (Å²) in [6.07, 6.45) is 0. The monoisotopic (exact) mass is 671 g/mol. The van der Waals surface area contributed by atoms with Crippen molar-refractivity contribution in [3.63, 3.8) is 0 Å². The van der Waals surface area contributed by atoms with Crippen LogP contribution in [0.15, 0.2) is 200 Å². The third-order valence-corrected chi connectivity index (χ3v) is 11.1. The van der Waals surface area contributed by atoms with Crippen LogP contribution in [0.2, 0.25) is 0 Å². The quantitative estimate of drug-likeness (QED) is 0.130. The van der Waals surface area contributed by atoms with Crippen LogP contribution in [0.1, 0.15) is 0 Å². The first-order valence-corrected chi connectivity index (χ1v) is 18.3. The van der Waals surface area contributed by atoms with Gasteiger partial charge in [0.2, 0.25) is 0 Å². The standard InChI is InChI=1S/C52H33N/c1-4-15-34(16-5-1)39-30-40(35-17-6-2-7-18-35)32-42(31-39)53(41-21-8-3-9-22-41)48-26-14-20-37-33-47-44-24-12-13-25-45(44)51-43-23-11-10-19-36(43)29-38-27-28-46(49(37)48)52(47)50(38)51/h1-33H. The molecule has 0 radical (unpaired) electrons. The number of para-hydroxylation sites is 1. The van der Waals surface area contributed by atoms with Gasteiger partial charge in [-0.3, -0.25) is 0 Å². The van der Waals surface area contributed by atoms with Crippen LogP contribution >= 0.6 is 0 Å². The topological polar surface area (TPSA) is 3.24 Å². The molecular formula is C52H33N. The normalized spacial score (nSPS) is 11.8.